The quantitative estimate of drug-likeness (QED) is 0.0507. The third kappa shape index (κ3) is 13.7. The molecule has 0 aromatic heterocycles. The number of carbonyl (C=O) groups excluding carboxylic acids is 4. The summed E-state index contributed by atoms with van der Waals surface area (Å²) in [5.74, 6) is -1.60. The first-order valence-corrected chi connectivity index (χ1v) is 23.9. The van der Waals surface area contributed by atoms with Gasteiger partial charge in [-0.1, -0.05) is 62.3 Å². The lowest BCUT2D eigenvalue weighted by molar-refractivity contribution is -0.157. The number of amides is 1. The normalized spacial score (nSPS) is 16.0. The number of alkyl carbamates (subject to hydrolysis) is 1. The number of esters is 1. The molecule has 0 saturated heterocycles. The van der Waals surface area contributed by atoms with Crippen molar-refractivity contribution in [2.75, 3.05) is 0 Å². The Morgan fingerprint density at radius 3 is 1.55 bits per heavy atom. The van der Waals surface area contributed by atoms with Gasteiger partial charge in [0.25, 0.3) is 0 Å². The number of hydrogen-bond acceptors (Lipinski definition) is 8. The van der Waals surface area contributed by atoms with Crippen molar-refractivity contribution in [2.24, 2.45) is 11.3 Å². The van der Waals surface area contributed by atoms with E-state index in [0.717, 1.165) is 36.3 Å². The molecule has 2 unspecified atom stereocenters. The first-order valence-electron chi connectivity index (χ1n) is 18.8. The number of ketones is 2. The lowest BCUT2D eigenvalue weighted by atomic mass is 9.77. The Hall–Kier alpha value is -1.83. The standard InChI is InChI=1S/C38H73NO8Si2/c1-18-31(46-48(19-2,20-3)21-4)38(16,17)34(41)32(40)28(11)27(10)29(12)44-35(42)33(47-49(22-5,23-6)24-7)30(25-26(8)9)39-36(43)45-37(13,14)15/h26,29-31,33H,18-25H2,1-17H3,(H,39,43)/b28-27+/t29?,30-,31-,33?/m0/s1. The molecule has 1 N–H and O–H groups in total. The fraction of sp³-hybridized carbons (Fsp3) is 0.842. The molecule has 49 heavy (non-hydrogen) atoms. The summed E-state index contributed by atoms with van der Waals surface area (Å²) in [7, 11) is -4.39. The van der Waals surface area contributed by atoms with Crippen molar-refractivity contribution < 1.29 is 37.5 Å². The second-order valence-corrected chi connectivity index (χ2v) is 25.1. The van der Waals surface area contributed by atoms with Crippen molar-refractivity contribution in [2.45, 2.75) is 197 Å². The first kappa shape index (κ1) is 47.2. The molecule has 0 aromatic carbocycles. The minimum atomic E-state index is -2.36. The largest absolute Gasteiger partial charge is 0.456 e. The molecule has 0 fully saturated rings. The van der Waals surface area contributed by atoms with Crippen LogP contribution in [0.4, 0.5) is 4.79 Å². The maximum Gasteiger partial charge on any atom is 0.407 e. The van der Waals surface area contributed by atoms with Crippen LogP contribution in [0.15, 0.2) is 11.1 Å². The average Bonchev–Trinajstić information content (AvgIpc) is 3.03. The fourth-order valence-electron chi connectivity index (χ4n) is 6.25. The van der Waals surface area contributed by atoms with Gasteiger partial charge in [0.05, 0.1) is 17.6 Å². The van der Waals surface area contributed by atoms with E-state index in [1.807, 2.05) is 20.8 Å². The van der Waals surface area contributed by atoms with E-state index in [1.54, 1.807) is 55.4 Å². The summed E-state index contributed by atoms with van der Waals surface area (Å²) in [6, 6.07) is 4.54. The van der Waals surface area contributed by atoms with E-state index in [0.29, 0.717) is 18.4 Å². The average molecular weight is 728 g/mol. The smallest absolute Gasteiger partial charge is 0.407 e. The van der Waals surface area contributed by atoms with Crippen molar-refractivity contribution in [1.29, 1.82) is 0 Å². The molecule has 0 bridgehead atoms. The number of allylic oxidation sites excluding steroid dienone is 1. The number of Topliss-reactive ketones (excluding diaryl/α,β-unsaturated/α-hetero) is 2. The maximum atomic E-state index is 14.1. The second-order valence-electron chi connectivity index (χ2n) is 15.7. The Balaban J connectivity index is 6.56. The van der Waals surface area contributed by atoms with Gasteiger partial charge >= 0.3 is 12.1 Å². The molecular formula is C38H73NO8Si2. The molecule has 286 valence electrons. The van der Waals surface area contributed by atoms with Crippen LogP contribution in [0.25, 0.3) is 0 Å². The van der Waals surface area contributed by atoms with Crippen molar-refractivity contribution in [3.63, 3.8) is 0 Å². The number of ether oxygens (including phenoxy) is 2. The topological polar surface area (TPSA) is 117 Å². The van der Waals surface area contributed by atoms with Crippen LogP contribution in [0.2, 0.25) is 36.3 Å². The van der Waals surface area contributed by atoms with Gasteiger partial charge in [0, 0.05) is 5.57 Å². The Kier molecular flexibility index (Phi) is 19.5. The highest BCUT2D eigenvalue weighted by molar-refractivity contribution is 6.74. The SMILES string of the molecule is CC[C@H](O[Si](CC)(CC)CC)C(C)(C)C(=O)C(=O)/C(C)=C(\C)C(C)OC(=O)C(O[Si](CC)(CC)CC)[C@H](CC(C)C)NC(=O)OC(C)(C)C. The maximum absolute atomic E-state index is 14.1. The van der Waals surface area contributed by atoms with Gasteiger partial charge in [-0.3, -0.25) is 9.59 Å². The predicted octanol–water partition coefficient (Wildman–Crippen LogP) is 9.55. The van der Waals surface area contributed by atoms with Crippen LogP contribution < -0.4 is 5.32 Å². The van der Waals surface area contributed by atoms with Gasteiger partial charge in [-0.05, 0) is 116 Å². The van der Waals surface area contributed by atoms with E-state index in [-0.39, 0.29) is 17.6 Å². The van der Waals surface area contributed by atoms with Gasteiger partial charge in [-0.2, -0.15) is 0 Å². The molecule has 0 aliphatic rings. The van der Waals surface area contributed by atoms with Crippen molar-refractivity contribution in [3.05, 3.63) is 11.1 Å². The molecule has 0 saturated carbocycles. The minimum Gasteiger partial charge on any atom is -0.456 e. The summed E-state index contributed by atoms with van der Waals surface area (Å²) < 4.78 is 25.1. The molecule has 0 aliphatic carbocycles. The summed E-state index contributed by atoms with van der Waals surface area (Å²) in [6.45, 7) is 32.7. The zero-order valence-corrected chi connectivity index (χ0v) is 36.3. The van der Waals surface area contributed by atoms with Crippen molar-refractivity contribution in [3.8, 4) is 0 Å². The zero-order chi connectivity index (χ0) is 38.5. The van der Waals surface area contributed by atoms with E-state index in [2.05, 4.69) is 46.9 Å². The van der Waals surface area contributed by atoms with Gasteiger partial charge in [0.15, 0.2) is 22.7 Å². The molecule has 1 amide bonds. The summed E-state index contributed by atoms with van der Waals surface area (Å²) in [5, 5.41) is 2.92. The highest BCUT2D eigenvalue weighted by atomic mass is 28.4. The number of hydrogen-bond donors (Lipinski definition) is 1. The van der Waals surface area contributed by atoms with Crippen LogP contribution in [-0.4, -0.2) is 70.2 Å². The van der Waals surface area contributed by atoms with E-state index >= 15 is 0 Å². The van der Waals surface area contributed by atoms with E-state index in [4.69, 9.17) is 18.3 Å². The van der Waals surface area contributed by atoms with Crippen LogP contribution in [0.5, 0.6) is 0 Å². The minimum absolute atomic E-state index is 0.129. The molecule has 9 nitrogen and oxygen atoms in total. The van der Waals surface area contributed by atoms with Gasteiger partial charge in [0.1, 0.15) is 11.7 Å². The Morgan fingerprint density at radius 1 is 0.714 bits per heavy atom. The number of nitrogens with one attached hydrogen (secondary N) is 1. The highest BCUT2D eigenvalue weighted by Crippen LogP contribution is 2.35. The van der Waals surface area contributed by atoms with Crippen molar-refractivity contribution >= 4 is 40.3 Å². The number of carbonyl (C=O) groups is 4. The molecule has 0 aromatic rings. The van der Waals surface area contributed by atoms with E-state index < -0.39 is 69.5 Å². The molecule has 4 atom stereocenters. The molecule has 0 radical (unpaired) electrons. The molecule has 11 heteroatoms. The third-order valence-corrected chi connectivity index (χ3v) is 19.7. The van der Waals surface area contributed by atoms with E-state index in [9.17, 15) is 19.2 Å². The predicted molar refractivity (Wildman–Crippen MR) is 205 cm³/mol. The third-order valence-electron chi connectivity index (χ3n) is 10.5. The fourth-order valence-corrected chi connectivity index (χ4v) is 12.1. The Bertz CT molecular complexity index is 1100. The zero-order valence-electron chi connectivity index (χ0n) is 34.3. The molecule has 0 rings (SSSR count). The molecule has 0 heterocycles. The van der Waals surface area contributed by atoms with Gasteiger partial charge < -0.3 is 23.6 Å². The highest BCUT2D eigenvalue weighted by Gasteiger charge is 2.45. The first-order chi connectivity index (χ1) is 22.5. The second kappa shape index (κ2) is 20.3. The summed E-state index contributed by atoms with van der Waals surface area (Å²) in [6.07, 6.45) is -1.83. The Morgan fingerprint density at radius 2 is 1.16 bits per heavy atom. The van der Waals surface area contributed by atoms with E-state index in [1.165, 1.54) is 0 Å². The van der Waals surface area contributed by atoms with Crippen LogP contribution >= 0.6 is 0 Å². The van der Waals surface area contributed by atoms with Gasteiger partial charge in [-0.15, -0.1) is 0 Å². The van der Waals surface area contributed by atoms with Crippen LogP contribution in [-0.2, 0) is 32.7 Å². The Labute approximate surface area is 301 Å². The summed E-state index contributed by atoms with van der Waals surface area (Å²) in [4.78, 5) is 54.7. The molecule has 0 aliphatic heterocycles. The van der Waals surface area contributed by atoms with Gasteiger partial charge in [0.2, 0.25) is 11.6 Å². The molecule has 0 spiro atoms. The lowest BCUT2D eigenvalue weighted by Crippen LogP contribution is -2.55. The monoisotopic (exact) mass is 727 g/mol. The van der Waals surface area contributed by atoms with Crippen molar-refractivity contribution in [1.82, 2.24) is 5.32 Å². The van der Waals surface area contributed by atoms with Crippen LogP contribution in [0, 0.1) is 11.3 Å². The van der Waals surface area contributed by atoms with Gasteiger partial charge in [-0.25, -0.2) is 9.59 Å². The summed E-state index contributed by atoms with van der Waals surface area (Å²) in [5.41, 5.74) is -1.02. The molecular weight excluding hydrogens is 655 g/mol. The van der Waals surface area contributed by atoms with Crippen LogP contribution in [0.1, 0.15) is 131 Å². The summed E-state index contributed by atoms with van der Waals surface area (Å²) >= 11 is 0. The lowest BCUT2D eigenvalue weighted by Gasteiger charge is -2.40. The number of rotatable bonds is 22. The van der Waals surface area contributed by atoms with Crippen LogP contribution in [0.3, 0.4) is 0 Å².